The Morgan fingerprint density at radius 1 is 1.54 bits per heavy atom. The third-order valence-electron chi connectivity index (χ3n) is 0.961. The first-order chi connectivity index (χ1) is 5.92. The third-order valence-corrected chi connectivity index (χ3v) is 2.72. The molecular weight excluding hydrogens is 271 g/mol. The highest BCUT2D eigenvalue weighted by Crippen LogP contribution is 2.42. The van der Waals surface area contributed by atoms with Crippen LogP contribution in [0.1, 0.15) is 0 Å². The van der Waals surface area contributed by atoms with Gasteiger partial charge in [-0.15, -0.1) is 24.5 Å². The van der Waals surface area contributed by atoms with E-state index >= 15 is 0 Å². The Hall–Kier alpha value is -0.740. The molecule has 0 amide bonds. The lowest BCUT2D eigenvalue weighted by Gasteiger charge is -2.06. The first kappa shape index (κ1) is 10.3. The van der Waals surface area contributed by atoms with Crippen molar-refractivity contribution in [1.82, 2.24) is 0 Å². The van der Waals surface area contributed by atoms with Gasteiger partial charge in [-0.3, -0.25) is 0 Å². The van der Waals surface area contributed by atoms with E-state index in [-0.39, 0.29) is 14.5 Å². The van der Waals surface area contributed by atoms with Gasteiger partial charge in [0.15, 0.2) is 5.06 Å². The normalized spacial score (nSPS) is 11.0. The van der Waals surface area contributed by atoms with Crippen LogP contribution in [0.15, 0.2) is 10.5 Å². The molecule has 0 atom stereocenters. The van der Waals surface area contributed by atoms with E-state index in [0.717, 1.165) is 0 Å². The zero-order valence-electron chi connectivity index (χ0n) is 5.85. The number of hydrogen-bond acceptors (Lipinski definition) is 2. The van der Waals surface area contributed by atoms with Crippen LogP contribution in [0.25, 0.3) is 4.85 Å². The first-order valence-electron chi connectivity index (χ1n) is 2.85. The number of ether oxygens (including phenoxy) is 1. The summed E-state index contributed by atoms with van der Waals surface area (Å²) in [5, 5.41) is -0.204. The van der Waals surface area contributed by atoms with Crippen LogP contribution in [-0.4, -0.2) is 6.36 Å². The average Bonchev–Trinajstić information content (AvgIpc) is 2.29. The van der Waals surface area contributed by atoms with Crippen LogP contribution in [0.4, 0.5) is 18.2 Å². The van der Waals surface area contributed by atoms with Crippen molar-refractivity contribution in [1.29, 1.82) is 0 Å². The molecule has 1 aromatic heterocycles. The Labute approximate surface area is 83.9 Å². The molecule has 1 rings (SSSR count). The molecule has 0 aliphatic carbocycles. The molecule has 1 heterocycles. The van der Waals surface area contributed by atoms with Crippen LogP contribution in [0.5, 0.6) is 5.06 Å². The monoisotopic (exact) mass is 271 g/mol. The highest BCUT2D eigenvalue weighted by Gasteiger charge is 2.32. The summed E-state index contributed by atoms with van der Waals surface area (Å²) in [6, 6.07) is 1.28. The minimum atomic E-state index is -4.72. The zero-order valence-corrected chi connectivity index (χ0v) is 8.26. The Morgan fingerprint density at radius 2 is 2.15 bits per heavy atom. The topological polar surface area (TPSA) is 13.6 Å². The van der Waals surface area contributed by atoms with Crippen molar-refractivity contribution in [2.75, 3.05) is 0 Å². The molecule has 0 aliphatic rings. The lowest BCUT2D eigenvalue weighted by Crippen LogP contribution is -2.16. The molecule has 0 N–H and O–H groups in total. The van der Waals surface area contributed by atoms with E-state index in [2.05, 4.69) is 25.5 Å². The van der Waals surface area contributed by atoms with Gasteiger partial charge in [0.1, 0.15) is 0 Å². The molecule has 0 aromatic carbocycles. The van der Waals surface area contributed by atoms with E-state index < -0.39 is 6.36 Å². The third kappa shape index (κ3) is 2.90. The summed E-state index contributed by atoms with van der Waals surface area (Å²) in [6.45, 7) is 6.56. The smallest absolute Gasteiger partial charge is 0.396 e. The molecule has 2 nitrogen and oxygen atoms in total. The Kier molecular flexibility index (Phi) is 2.83. The van der Waals surface area contributed by atoms with Crippen molar-refractivity contribution in [3.05, 3.63) is 22.0 Å². The summed E-state index contributed by atoms with van der Waals surface area (Å²) in [7, 11) is 0. The van der Waals surface area contributed by atoms with Gasteiger partial charge in [0.05, 0.1) is 11.0 Å². The fraction of sp³-hybridized carbons (Fsp3) is 0.167. The average molecular weight is 272 g/mol. The van der Waals surface area contributed by atoms with Crippen molar-refractivity contribution in [2.24, 2.45) is 0 Å². The Balaban J connectivity index is 2.91. The second kappa shape index (κ2) is 3.55. The first-order valence-corrected chi connectivity index (χ1v) is 4.46. The standard InChI is InChI=1S/C6HBrF3NOS/c1-11-4-2-3(7)5(13-4)12-6(8,9)10/h2H. The fourth-order valence-corrected chi connectivity index (χ4v) is 1.97. The quantitative estimate of drug-likeness (QED) is 0.705. The van der Waals surface area contributed by atoms with E-state index in [9.17, 15) is 13.2 Å². The maximum Gasteiger partial charge on any atom is 0.573 e. The summed E-state index contributed by atoms with van der Waals surface area (Å²) >= 11 is 3.50. The van der Waals surface area contributed by atoms with Crippen LogP contribution in [-0.2, 0) is 0 Å². The Bertz CT molecular complexity index is 354. The van der Waals surface area contributed by atoms with Gasteiger partial charge in [-0.2, -0.15) is 0 Å². The number of nitrogens with zero attached hydrogens (tertiary/aromatic N) is 1. The van der Waals surface area contributed by atoms with Gasteiger partial charge in [-0.1, -0.05) is 0 Å². The van der Waals surface area contributed by atoms with Crippen molar-refractivity contribution in [3.63, 3.8) is 0 Å². The minimum Gasteiger partial charge on any atom is -0.396 e. The van der Waals surface area contributed by atoms with Crippen molar-refractivity contribution in [2.45, 2.75) is 6.36 Å². The molecule has 0 saturated carbocycles. The maximum absolute atomic E-state index is 11.7. The number of halogens is 4. The van der Waals surface area contributed by atoms with Gasteiger partial charge < -0.3 is 4.74 Å². The van der Waals surface area contributed by atoms with Crippen LogP contribution in [0, 0.1) is 6.57 Å². The lowest BCUT2D eigenvalue weighted by molar-refractivity contribution is -0.273. The predicted octanol–water partition coefficient (Wildman–Crippen LogP) is 3.96. The maximum atomic E-state index is 11.7. The van der Waals surface area contributed by atoms with Crippen LogP contribution < -0.4 is 4.74 Å². The van der Waals surface area contributed by atoms with E-state index in [1.165, 1.54) is 6.07 Å². The highest BCUT2D eigenvalue weighted by atomic mass is 79.9. The minimum absolute atomic E-state index is 0.140. The molecule has 1 aromatic rings. The molecule has 0 spiro atoms. The summed E-state index contributed by atoms with van der Waals surface area (Å²) in [5.41, 5.74) is 0. The molecular formula is C6HBrF3NOS. The number of alkyl halides is 3. The van der Waals surface area contributed by atoms with Gasteiger partial charge in [0, 0.05) is 0 Å². The number of rotatable bonds is 1. The van der Waals surface area contributed by atoms with Gasteiger partial charge in [0.25, 0.3) is 0 Å². The highest BCUT2D eigenvalue weighted by molar-refractivity contribution is 9.10. The van der Waals surface area contributed by atoms with Crippen LogP contribution in [0.3, 0.4) is 0 Å². The second-order valence-corrected chi connectivity index (χ2v) is 3.73. The summed E-state index contributed by atoms with van der Waals surface area (Å²) in [6.07, 6.45) is -4.72. The van der Waals surface area contributed by atoms with Crippen LogP contribution in [0.2, 0.25) is 0 Å². The lowest BCUT2D eigenvalue weighted by atomic mass is 10.6. The van der Waals surface area contributed by atoms with Crippen molar-refractivity contribution >= 4 is 32.3 Å². The van der Waals surface area contributed by atoms with Crippen molar-refractivity contribution < 1.29 is 17.9 Å². The molecule has 70 valence electrons. The largest absolute Gasteiger partial charge is 0.573 e. The van der Waals surface area contributed by atoms with Crippen LogP contribution >= 0.6 is 27.3 Å². The Morgan fingerprint density at radius 3 is 2.54 bits per heavy atom. The van der Waals surface area contributed by atoms with Gasteiger partial charge in [-0.25, -0.2) is 4.85 Å². The summed E-state index contributed by atoms with van der Waals surface area (Å²) in [4.78, 5) is 2.97. The molecule has 0 saturated heterocycles. The van der Waals surface area contributed by atoms with Gasteiger partial charge in [0.2, 0.25) is 5.00 Å². The van der Waals surface area contributed by atoms with Crippen molar-refractivity contribution in [3.8, 4) is 5.06 Å². The second-order valence-electron chi connectivity index (χ2n) is 1.88. The zero-order chi connectivity index (χ0) is 10.1. The molecule has 0 radical (unpaired) electrons. The van der Waals surface area contributed by atoms with E-state index in [1.54, 1.807) is 0 Å². The number of hydrogen-bond donors (Lipinski definition) is 0. The van der Waals surface area contributed by atoms with Gasteiger partial charge >= 0.3 is 6.36 Å². The molecule has 0 fully saturated rings. The molecule has 0 bridgehead atoms. The predicted molar refractivity (Wildman–Crippen MR) is 45.0 cm³/mol. The molecule has 7 heteroatoms. The van der Waals surface area contributed by atoms with E-state index in [4.69, 9.17) is 6.57 Å². The fourth-order valence-electron chi connectivity index (χ4n) is 0.570. The molecule has 13 heavy (non-hydrogen) atoms. The summed E-state index contributed by atoms with van der Waals surface area (Å²) < 4.78 is 38.9. The van der Waals surface area contributed by atoms with Gasteiger partial charge in [-0.05, 0) is 22.0 Å². The summed E-state index contributed by atoms with van der Waals surface area (Å²) in [5.74, 6) is 0. The van der Waals surface area contributed by atoms with E-state index in [1.807, 2.05) is 0 Å². The number of thiophene rings is 1. The molecule has 0 aliphatic heterocycles. The SMILES string of the molecule is [C-]#[N+]c1cc(Br)c(OC(F)(F)F)s1. The van der Waals surface area contributed by atoms with E-state index in [0.29, 0.717) is 11.3 Å². The molecule has 0 unspecified atom stereocenters.